The minimum atomic E-state index is -0.991. The number of nitrogens with zero attached hydrogens (tertiary/aromatic N) is 1. The first kappa shape index (κ1) is 14.5. The summed E-state index contributed by atoms with van der Waals surface area (Å²) in [6.45, 7) is 0. The number of hydrogen-bond donors (Lipinski definition) is 1. The summed E-state index contributed by atoms with van der Waals surface area (Å²) in [6, 6.07) is 11.0. The van der Waals surface area contributed by atoms with E-state index in [0.29, 0.717) is 4.47 Å². The lowest BCUT2D eigenvalue weighted by Gasteiger charge is -2.05. The van der Waals surface area contributed by atoms with Crippen molar-refractivity contribution >= 4 is 39.3 Å². The van der Waals surface area contributed by atoms with Gasteiger partial charge in [0.2, 0.25) is 0 Å². The molecular weight excluding hydrogens is 346 g/mol. The highest BCUT2D eigenvalue weighted by Gasteiger charge is 2.11. The molecule has 0 radical (unpaired) electrons. The van der Waals surface area contributed by atoms with Crippen LogP contribution in [0, 0.1) is 10.1 Å². The Hall–Kier alpha value is -1.86. The van der Waals surface area contributed by atoms with Crippen molar-refractivity contribution in [3.8, 4) is 0 Å². The Morgan fingerprint density at radius 1 is 1.25 bits per heavy atom. The maximum atomic E-state index is 10.9. The molecule has 0 bridgehead atoms. The standard InChI is InChI=1S/C13H8BrNO4S/c14-11-7-9(15(18)19)4-5-12(11)20-10-3-1-2-8(6-10)13(16)17/h1-7H,(H,16,17). The molecule has 0 aliphatic heterocycles. The minimum absolute atomic E-state index is 0.000474. The summed E-state index contributed by atoms with van der Waals surface area (Å²) < 4.78 is 0.595. The largest absolute Gasteiger partial charge is 0.478 e. The highest BCUT2D eigenvalue weighted by molar-refractivity contribution is 9.10. The first-order valence-electron chi connectivity index (χ1n) is 5.42. The topological polar surface area (TPSA) is 80.4 Å². The first-order valence-corrected chi connectivity index (χ1v) is 7.03. The summed E-state index contributed by atoms with van der Waals surface area (Å²) in [5.41, 5.74) is 0.202. The molecule has 0 saturated heterocycles. The Kier molecular flexibility index (Phi) is 4.41. The number of rotatable bonds is 4. The molecule has 0 heterocycles. The van der Waals surface area contributed by atoms with Gasteiger partial charge in [0, 0.05) is 26.4 Å². The third-order valence-corrected chi connectivity index (χ3v) is 4.42. The molecule has 0 spiro atoms. The van der Waals surface area contributed by atoms with Crippen LogP contribution in [0.2, 0.25) is 0 Å². The van der Waals surface area contributed by atoms with Gasteiger partial charge in [0.1, 0.15) is 0 Å². The van der Waals surface area contributed by atoms with Crippen molar-refractivity contribution in [3.05, 3.63) is 62.6 Å². The van der Waals surface area contributed by atoms with Gasteiger partial charge in [0.05, 0.1) is 10.5 Å². The van der Waals surface area contributed by atoms with Crippen LogP contribution < -0.4 is 0 Å². The predicted molar refractivity (Wildman–Crippen MR) is 78.3 cm³/mol. The zero-order valence-electron chi connectivity index (χ0n) is 9.95. The molecule has 1 N–H and O–H groups in total. The van der Waals surface area contributed by atoms with E-state index in [-0.39, 0.29) is 11.3 Å². The van der Waals surface area contributed by atoms with E-state index < -0.39 is 10.9 Å². The molecule has 0 fully saturated rings. The molecule has 2 aromatic carbocycles. The molecule has 20 heavy (non-hydrogen) atoms. The monoisotopic (exact) mass is 353 g/mol. The van der Waals surface area contributed by atoms with Crippen molar-refractivity contribution in [1.29, 1.82) is 0 Å². The number of aromatic carboxylic acids is 1. The fourth-order valence-electron chi connectivity index (χ4n) is 1.51. The van der Waals surface area contributed by atoms with Crippen LogP contribution in [0.4, 0.5) is 5.69 Å². The van der Waals surface area contributed by atoms with Crippen LogP contribution in [0.5, 0.6) is 0 Å². The van der Waals surface area contributed by atoms with Gasteiger partial charge in [-0.2, -0.15) is 0 Å². The Morgan fingerprint density at radius 2 is 2.00 bits per heavy atom. The smallest absolute Gasteiger partial charge is 0.335 e. The van der Waals surface area contributed by atoms with E-state index in [1.54, 1.807) is 24.3 Å². The number of carboxylic acid groups (broad SMARTS) is 1. The molecule has 102 valence electrons. The van der Waals surface area contributed by atoms with Crippen LogP contribution in [0.3, 0.4) is 0 Å². The zero-order chi connectivity index (χ0) is 14.7. The number of carboxylic acids is 1. The molecule has 2 rings (SSSR count). The number of hydrogen-bond acceptors (Lipinski definition) is 4. The highest BCUT2D eigenvalue weighted by Crippen LogP contribution is 2.35. The van der Waals surface area contributed by atoms with Gasteiger partial charge in [0.25, 0.3) is 5.69 Å². The Balaban J connectivity index is 2.28. The minimum Gasteiger partial charge on any atom is -0.478 e. The van der Waals surface area contributed by atoms with Gasteiger partial charge in [-0.3, -0.25) is 10.1 Å². The normalized spacial score (nSPS) is 10.2. The molecule has 5 nitrogen and oxygen atoms in total. The average molecular weight is 354 g/mol. The van der Waals surface area contributed by atoms with E-state index in [2.05, 4.69) is 15.9 Å². The van der Waals surface area contributed by atoms with Crippen molar-refractivity contribution in [1.82, 2.24) is 0 Å². The van der Waals surface area contributed by atoms with Gasteiger partial charge in [-0.05, 0) is 40.2 Å². The highest BCUT2D eigenvalue weighted by atomic mass is 79.9. The summed E-state index contributed by atoms with van der Waals surface area (Å²) in [7, 11) is 0. The van der Waals surface area contributed by atoms with Crippen molar-refractivity contribution in [2.45, 2.75) is 9.79 Å². The summed E-state index contributed by atoms with van der Waals surface area (Å²) in [6.07, 6.45) is 0. The van der Waals surface area contributed by atoms with Crippen molar-refractivity contribution in [2.24, 2.45) is 0 Å². The van der Waals surface area contributed by atoms with E-state index in [1.807, 2.05) is 0 Å². The zero-order valence-corrected chi connectivity index (χ0v) is 12.3. The fraction of sp³-hybridized carbons (Fsp3) is 0. The quantitative estimate of drug-likeness (QED) is 0.657. The van der Waals surface area contributed by atoms with Crippen LogP contribution in [0.15, 0.2) is 56.7 Å². The van der Waals surface area contributed by atoms with E-state index in [0.717, 1.165) is 9.79 Å². The summed E-state index contributed by atoms with van der Waals surface area (Å²) >= 11 is 4.61. The predicted octanol–water partition coefficient (Wildman–Crippen LogP) is 4.21. The molecule has 2 aromatic rings. The second-order valence-corrected chi connectivity index (χ2v) is 5.78. The van der Waals surface area contributed by atoms with E-state index in [1.165, 1.54) is 30.0 Å². The van der Waals surface area contributed by atoms with Gasteiger partial charge < -0.3 is 5.11 Å². The molecule has 7 heteroatoms. The number of nitro benzene ring substituents is 1. The molecule has 0 aromatic heterocycles. The average Bonchev–Trinajstić information content (AvgIpc) is 2.41. The number of benzene rings is 2. The second kappa shape index (κ2) is 6.06. The van der Waals surface area contributed by atoms with Crippen LogP contribution in [0.1, 0.15) is 10.4 Å². The lowest BCUT2D eigenvalue weighted by Crippen LogP contribution is -1.95. The number of halogens is 1. The third kappa shape index (κ3) is 3.37. The number of carbonyl (C=O) groups is 1. The first-order chi connectivity index (χ1) is 9.47. The van der Waals surface area contributed by atoms with Crippen LogP contribution in [-0.4, -0.2) is 16.0 Å². The van der Waals surface area contributed by atoms with Crippen LogP contribution in [-0.2, 0) is 0 Å². The lowest BCUT2D eigenvalue weighted by molar-refractivity contribution is -0.385. The molecule has 0 aliphatic carbocycles. The Labute approximate surface area is 126 Å². The molecule has 0 amide bonds. The van der Waals surface area contributed by atoms with Gasteiger partial charge in [-0.15, -0.1) is 0 Å². The van der Waals surface area contributed by atoms with E-state index >= 15 is 0 Å². The maximum Gasteiger partial charge on any atom is 0.335 e. The van der Waals surface area contributed by atoms with Gasteiger partial charge in [-0.25, -0.2) is 4.79 Å². The second-order valence-electron chi connectivity index (χ2n) is 3.81. The van der Waals surface area contributed by atoms with Gasteiger partial charge >= 0.3 is 5.97 Å². The summed E-state index contributed by atoms with van der Waals surface area (Å²) in [5.74, 6) is -0.991. The molecule has 0 saturated carbocycles. The maximum absolute atomic E-state index is 10.9. The van der Waals surface area contributed by atoms with E-state index in [9.17, 15) is 14.9 Å². The Morgan fingerprint density at radius 3 is 2.60 bits per heavy atom. The van der Waals surface area contributed by atoms with Crippen LogP contribution >= 0.6 is 27.7 Å². The number of non-ortho nitro benzene ring substituents is 1. The molecule has 0 atom stereocenters. The van der Waals surface area contributed by atoms with Gasteiger partial charge in [0.15, 0.2) is 0 Å². The van der Waals surface area contributed by atoms with Crippen molar-refractivity contribution < 1.29 is 14.8 Å². The fourth-order valence-corrected chi connectivity index (χ4v) is 2.99. The third-order valence-electron chi connectivity index (χ3n) is 2.44. The molecule has 0 unspecified atom stereocenters. The molecular formula is C13H8BrNO4S. The van der Waals surface area contributed by atoms with E-state index in [4.69, 9.17) is 5.11 Å². The number of nitro groups is 1. The SMILES string of the molecule is O=C(O)c1cccc(Sc2ccc([N+](=O)[O-])cc2Br)c1. The summed E-state index contributed by atoms with van der Waals surface area (Å²) in [5, 5.41) is 19.6. The Bertz CT molecular complexity index is 690. The van der Waals surface area contributed by atoms with Gasteiger partial charge in [-0.1, -0.05) is 17.8 Å². The molecule has 0 aliphatic rings. The van der Waals surface area contributed by atoms with Crippen molar-refractivity contribution in [3.63, 3.8) is 0 Å². The van der Waals surface area contributed by atoms with Crippen molar-refractivity contribution in [2.75, 3.05) is 0 Å². The summed E-state index contributed by atoms with van der Waals surface area (Å²) in [4.78, 5) is 22.6. The van der Waals surface area contributed by atoms with Crippen LogP contribution in [0.25, 0.3) is 0 Å². The lowest BCUT2D eigenvalue weighted by atomic mass is 10.2.